The van der Waals surface area contributed by atoms with Crippen molar-refractivity contribution in [2.24, 2.45) is 0 Å². The molecule has 0 spiro atoms. The molecule has 1 heterocycles. The van der Waals surface area contributed by atoms with Crippen LogP contribution in [-0.2, 0) is 28.5 Å². The van der Waals surface area contributed by atoms with Gasteiger partial charge in [-0.15, -0.1) is 0 Å². The van der Waals surface area contributed by atoms with Gasteiger partial charge in [0.2, 0.25) is 0 Å². The molecule has 26 heavy (non-hydrogen) atoms. The lowest BCUT2D eigenvalue weighted by Crippen LogP contribution is -2.20. The number of carbonyl (C=O) groups is 4. The zero-order valence-electron chi connectivity index (χ0n) is 15.1. The van der Waals surface area contributed by atoms with E-state index in [2.05, 4.69) is 14.5 Å². The number of nitrogens with zero attached hydrogens (tertiary/aromatic N) is 1. The summed E-state index contributed by atoms with van der Waals surface area (Å²) in [5.41, 5.74) is 0.641. The molecule has 1 rings (SSSR count). The summed E-state index contributed by atoms with van der Waals surface area (Å²) in [5.74, 6) is -3.04. The molecular formula is C17H21NO8. The molecule has 9 nitrogen and oxygen atoms in total. The van der Waals surface area contributed by atoms with E-state index in [1.807, 2.05) is 0 Å². The second kappa shape index (κ2) is 10.1. The minimum atomic E-state index is -0.831. The van der Waals surface area contributed by atoms with Gasteiger partial charge in [0.15, 0.2) is 13.2 Å². The lowest BCUT2D eigenvalue weighted by Gasteiger charge is -2.11. The second-order valence-corrected chi connectivity index (χ2v) is 5.02. The van der Waals surface area contributed by atoms with Crippen LogP contribution in [0.3, 0.4) is 0 Å². The Morgan fingerprint density at radius 2 is 1.15 bits per heavy atom. The molecule has 0 N–H and O–H groups in total. The van der Waals surface area contributed by atoms with E-state index >= 15 is 0 Å². The minimum Gasteiger partial charge on any atom is -0.463 e. The highest BCUT2D eigenvalue weighted by Gasteiger charge is 2.21. The van der Waals surface area contributed by atoms with Crippen molar-refractivity contribution >= 4 is 23.9 Å². The summed E-state index contributed by atoms with van der Waals surface area (Å²) in [5, 5.41) is 0. The Morgan fingerprint density at radius 3 is 1.50 bits per heavy atom. The van der Waals surface area contributed by atoms with Crippen LogP contribution in [0.2, 0.25) is 0 Å². The van der Waals surface area contributed by atoms with E-state index in [0.717, 1.165) is 0 Å². The molecule has 0 radical (unpaired) electrons. The molecule has 0 bridgehead atoms. The highest BCUT2D eigenvalue weighted by molar-refractivity contribution is 5.97. The first-order valence-corrected chi connectivity index (χ1v) is 7.93. The lowest BCUT2D eigenvalue weighted by molar-refractivity contribution is -0.147. The van der Waals surface area contributed by atoms with Crippen molar-refractivity contribution < 1.29 is 38.1 Å². The van der Waals surface area contributed by atoms with Crippen molar-refractivity contribution in [3.05, 3.63) is 28.6 Å². The van der Waals surface area contributed by atoms with Crippen LogP contribution in [0.1, 0.15) is 46.0 Å². The van der Waals surface area contributed by atoms with Crippen LogP contribution in [0, 0.1) is 13.8 Å². The summed E-state index contributed by atoms with van der Waals surface area (Å²) in [4.78, 5) is 50.9. The van der Waals surface area contributed by atoms with Crippen molar-refractivity contribution in [2.45, 2.75) is 27.7 Å². The molecular weight excluding hydrogens is 346 g/mol. The molecule has 0 saturated heterocycles. The van der Waals surface area contributed by atoms with Crippen LogP contribution in [0.5, 0.6) is 0 Å². The SMILES string of the molecule is CCOC(=O)COC(=O)c1cc(C(=O)OCC(=O)OCC)c(C)nc1C. The maximum Gasteiger partial charge on any atom is 0.344 e. The average Bonchev–Trinajstić information content (AvgIpc) is 2.58. The number of hydrogen-bond acceptors (Lipinski definition) is 9. The Kier molecular flexibility index (Phi) is 8.20. The summed E-state index contributed by atoms with van der Waals surface area (Å²) in [6, 6.07) is 1.25. The fraction of sp³-hybridized carbons (Fsp3) is 0.471. The largest absolute Gasteiger partial charge is 0.463 e. The molecule has 0 aliphatic carbocycles. The van der Waals surface area contributed by atoms with Gasteiger partial charge in [0, 0.05) is 0 Å². The van der Waals surface area contributed by atoms with E-state index in [1.54, 1.807) is 27.7 Å². The standard InChI is InChI=1S/C17H21NO8/c1-5-23-14(19)8-25-16(21)12-7-13(11(4)18-10(12)3)17(22)26-9-15(20)24-6-2/h7H,5-6,8-9H2,1-4H3. The molecule has 0 unspecified atom stereocenters. The number of hydrogen-bond donors (Lipinski definition) is 0. The molecule has 1 aromatic rings. The zero-order chi connectivity index (χ0) is 19.7. The van der Waals surface area contributed by atoms with Crippen LogP contribution < -0.4 is 0 Å². The van der Waals surface area contributed by atoms with Gasteiger partial charge in [-0.2, -0.15) is 0 Å². The maximum atomic E-state index is 12.1. The number of carbonyl (C=O) groups excluding carboxylic acids is 4. The Morgan fingerprint density at radius 1 is 0.769 bits per heavy atom. The van der Waals surface area contributed by atoms with Crippen LogP contribution >= 0.6 is 0 Å². The average molecular weight is 367 g/mol. The van der Waals surface area contributed by atoms with E-state index in [4.69, 9.17) is 9.47 Å². The van der Waals surface area contributed by atoms with Crippen molar-refractivity contribution in [3.8, 4) is 0 Å². The molecule has 0 amide bonds. The summed E-state index contributed by atoms with van der Waals surface area (Å²) in [6.07, 6.45) is 0. The third-order valence-corrected chi connectivity index (χ3v) is 3.10. The van der Waals surface area contributed by atoms with Crippen molar-refractivity contribution in [2.75, 3.05) is 26.4 Å². The first kappa shape index (κ1) is 21.1. The van der Waals surface area contributed by atoms with E-state index in [-0.39, 0.29) is 24.3 Å². The molecule has 1 aromatic heterocycles. The Labute approximate surface area is 150 Å². The Hall–Kier alpha value is -2.97. The second-order valence-electron chi connectivity index (χ2n) is 5.02. The molecule has 0 aliphatic rings. The van der Waals surface area contributed by atoms with Crippen LogP contribution in [0.4, 0.5) is 0 Å². The van der Waals surface area contributed by atoms with Gasteiger partial charge in [-0.25, -0.2) is 19.2 Å². The van der Waals surface area contributed by atoms with Gasteiger partial charge >= 0.3 is 23.9 Å². The molecule has 0 saturated carbocycles. The highest BCUT2D eigenvalue weighted by atomic mass is 16.6. The normalized spacial score (nSPS) is 10.0. The monoisotopic (exact) mass is 367 g/mol. The smallest absolute Gasteiger partial charge is 0.344 e. The van der Waals surface area contributed by atoms with E-state index in [1.165, 1.54) is 6.07 Å². The maximum absolute atomic E-state index is 12.1. The number of aromatic nitrogens is 1. The van der Waals surface area contributed by atoms with Gasteiger partial charge < -0.3 is 18.9 Å². The number of rotatable bonds is 8. The summed E-state index contributed by atoms with van der Waals surface area (Å²) in [7, 11) is 0. The van der Waals surface area contributed by atoms with Crippen LogP contribution in [0.15, 0.2) is 6.07 Å². The molecule has 0 aliphatic heterocycles. The summed E-state index contributed by atoms with van der Waals surface area (Å²) >= 11 is 0. The molecule has 0 aromatic carbocycles. The van der Waals surface area contributed by atoms with Gasteiger partial charge in [-0.1, -0.05) is 0 Å². The number of aryl methyl sites for hydroxylation is 2. The highest BCUT2D eigenvalue weighted by Crippen LogP contribution is 2.15. The molecule has 0 atom stereocenters. The third kappa shape index (κ3) is 6.15. The fourth-order valence-electron chi connectivity index (χ4n) is 1.95. The van der Waals surface area contributed by atoms with Gasteiger partial charge in [-0.3, -0.25) is 4.98 Å². The van der Waals surface area contributed by atoms with Crippen LogP contribution in [0.25, 0.3) is 0 Å². The number of ether oxygens (including phenoxy) is 4. The van der Waals surface area contributed by atoms with Crippen molar-refractivity contribution in [3.63, 3.8) is 0 Å². The fourth-order valence-corrected chi connectivity index (χ4v) is 1.95. The quantitative estimate of drug-likeness (QED) is 0.492. The first-order chi connectivity index (χ1) is 12.3. The van der Waals surface area contributed by atoms with E-state index in [9.17, 15) is 19.2 Å². The molecule has 9 heteroatoms. The molecule has 0 fully saturated rings. The van der Waals surface area contributed by atoms with Crippen molar-refractivity contribution in [1.82, 2.24) is 4.98 Å². The zero-order valence-corrected chi connectivity index (χ0v) is 15.1. The van der Waals surface area contributed by atoms with E-state index < -0.39 is 37.1 Å². The summed E-state index contributed by atoms with van der Waals surface area (Å²) < 4.78 is 19.0. The first-order valence-electron chi connectivity index (χ1n) is 7.93. The third-order valence-electron chi connectivity index (χ3n) is 3.10. The van der Waals surface area contributed by atoms with Gasteiger partial charge in [0.1, 0.15) is 0 Å². The number of pyridine rings is 1. The van der Waals surface area contributed by atoms with Gasteiger partial charge in [-0.05, 0) is 33.8 Å². The minimum absolute atomic E-state index is 0.00276. The topological polar surface area (TPSA) is 118 Å². The van der Waals surface area contributed by atoms with Gasteiger partial charge in [0.05, 0.1) is 35.7 Å². The van der Waals surface area contributed by atoms with Gasteiger partial charge in [0.25, 0.3) is 0 Å². The molecule has 142 valence electrons. The predicted octanol–water partition coefficient (Wildman–Crippen LogP) is 1.14. The van der Waals surface area contributed by atoms with Crippen LogP contribution in [-0.4, -0.2) is 55.3 Å². The Balaban J connectivity index is 2.87. The summed E-state index contributed by atoms with van der Waals surface area (Å²) in [6.45, 7) is 5.59. The predicted molar refractivity (Wildman–Crippen MR) is 87.5 cm³/mol. The Bertz CT molecular complexity index is 643. The van der Waals surface area contributed by atoms with E-state index in [0.29, 0.717) is 11.4 Å². The lowest BCUT2D eigenvalue weighted by atomic mass is 10.1. The number of esters is 4. The van der Waals surface area contributed by atoms with Crippen molar-refractivity contribution in [1.29, 1.82) is 0 Å².